The number of nitro benzene ring substituents is 1. The van der Waals surface area contributed by atoms with E-state index < -0.39 is 20.9 Å². The Balaban J connectivity index is 2.02. The van der Waals surface area contributed by atoms with Crippen molar-refractivity contribution in [3.8, 4) is 5.75 Å². The zero-order valence-electron chi connectivity index (χ0n) is 18.2. The minimum Gasteiger partial charge on any atom is -0.495 e. The summed E-state index contributed by atoms with van der Waals surface area (Å²) in [6.45, 7) is 1.50. The molecule has 3 rings (SSSR count). The highest BCUT2D eigenvalue weighted by Gasteiger charge is 2.24. The van der Waals surface area contributed by atoms with Crippen LogP contribution in [0.4, 0.5) is 17.1 Å². The molecule has 2 aromatic rings. The van der Waals surface area contributed by atoms with Gasteiger partial charge in [-0.05, 0) is 43.5 Å². The van der Waals surface area contributed by atoms with Gasteiger partial charge < -0.3 is 15.0 Å². The second-order valence-corrected chi connectivity index (χ2v) is 9.76. The third-order valence-corrected chi connectivity index (χ3v) is 7.14. The fourth-order valence-corrected chi connectivity index (χ4v) is 4.50. The van der Waals surface area contributed by atoms with Gasteiger partial charge in [0.25, 0.3) is 11.6 Å². The lowest BCUT2D eigenvalue weighted by molar-refractivity contribution is -0.384. The number of benzene rings is 2. The summed E-state index contributed by atoms with van der Waals surface area (Å²) in [6.07, 6.45) is 3.03. The zero-order chi connectivity index (χ0) is 23.5. The molecule has 11 heteroatoms. The highest BCUT2D eigenvalue weighted by Crippen LogP contribution is 2.32. The first-order chi connectivity index (χ1) is 15.1. The van der Waals surface area contributed by atoms with Gasteiger partial charge in [0.2, 0.25) is 10.0 Å². The third kappa shape index (κ3) is 4.83. The van der Waals surface area contributed by atoms with Crippen LogP contribution in [0.1, 0.15) is 29.6 Å². The molecule has 1 aliphatic heterocycles. The minimum absolute atomic E-state index is 0.0195. The predicted molar refractivity (Wildman–Crippen MR) is 121 cm³/mol. The molecule has 0 radical (unpaired) electrons. The van der Waals surface area contributed by atoms with E-state index in [1.807, 2.05) is 4.90 Å². The molecule has 1 fully saturated rings. The van der Waals surface area contributed by atoms with Gasteiger partial charge in [-0.3, -0.25) is 14.9 Å². The summed E-state index contributed by atoms with van der Waals surface area (Å²) in [6, 6.07) is 8.35. The van der Waals surface area contributed by atoms with Gasteiger partial charge in [-0.25, -0.2) is 12.7 Å². The first kappa shape index (κ1) is 23.5. The van der Waals surface area contributed by atoms with Gasteiger partial charge >= 0.3 is 0 Å². The number of anilines is 2. The number of sulfonamides is 1. The number of non-ortho nitro benzene ring substituents is 1. The lowest BCUT2D eigenvalue weighted by atomic mass is 10.1. The highest BCUT2D eigenvalue weighted by molar-refractivity contribution is 7.89. The summed E-state index contributed by atoms with van der Waals surface area (Å²) in [5, 5.41) is 14.0. The van der Waals surface area contributed by atoms with Crippen LogP contribution in [-0.2, 0) is 10.0 Å². The van der Waals surface area contributed by atoms with Crippen LogP contribution in [-0.4, -0.2) is 57.8 Å². The van der Waals surface area contributed by atoms with E-state index in [-0.39, 0.29) is 27.6 Å². The molecule has 1 aliphatic rings. The maximum atomic E-state index is 13.2. The number of carbonyl (C=O) groups is 1. The number of nitro groups is 1. The Morgan fingerprint density at radius 1 is 1.12 bits per heavy atom. The number of methoxy groups -OCH3 is 1. The predicted octanol–water partition coefficient (Wildman–Crippen LogP) is 3.10. The molecule has 0 bridgehead atoms. The average molecular weight is 463 g/mol. The van der Waals surface area contributed by atoms with E-state index in [2.05, 4.69) is 5.32 Å². The normalized spacial score (nSPS) is 14.3. The van der Waals surface area contributed by atoms with Crippen LogP contribution in [0, 0.1) is 10.1 Å². The van der Waals surface area contributed by atoms with Crippen molar-refractivity contribution in [1.82, 2.24) is 4.31 Å². The summed E-state index contributed by atoms with van der Waals surface area (Å²) in [5.41, 5.74) is 0.691. The van der Waals surface area contributed by atoms with E-state index in [1.54, 1.807) is 6.07 Å². The summed E-state index contributed by atoms with van der Waals surface area (Å²) in [5.74, 6) is -0.326. The number of amides is 1. The maximum absolute atomic E-state index is 13.2. The number of hydrogen-bond acceptors (Lipinski definition) is 7. The number of ether oxygens (including phenoxy) is 1. The van der Waals surface area contributed by atoms with Crippen molar-refractivity contribution in [2.75, 3.05) is 44.5 Å². The van der Waals surface area contributed by atoms with Crippen LogP contribution in [0.15, 0.2) is 41.3 Å². The number of piperidine rings is 1. The van der Waals surface area contributed by atoms with Gasteiger partial charge in [0.1, 0.15) is 5.75 Å². The Morgan fingerprint density at radius 3 is 2.41 bits per heavy atom. The first-order valence-corrected chi connectivity index (χ1v) is 11.5. The standard InChI is InChI=1S/C21H26N4O6S/c1-23(2)32(29,30)16-8-10-20(31-3)18(14-16)22-21(26)17-13-15(25(27)28)7-9-19(17)24-11-5-4-6-12-24/h7-10,13-14H,4-6,11-12H2,1-3H3,(H,22,26). The van der Waals surface area contributed by atoms with Crippen LogP contribution in [0.3, 0.4) is 0 Å². The van der Waals surface area contributed by atoms with E-state index in [1.165, 1.54) is 51.5 Å². The fourth-order valence-electron chi connectivity index (χ4n) is 3.58. The molecule has 1 amide bonds. The number of carbonyl (C=O) groups excluding carboxylic acids is 1. The Bertz CT molecular complexity index is 1130. The van der Waals surface area contributed by atoms with Gasteiger partial charge in [-0.2, -0.15) is 0 Å². The third-order valence-electron chi connectivity index (χ3n) is 5.33. The molecule has 172 valence electrons. The topological polar surface area (TPSA) is 122 Å². The molecule has 0 saturated carbocycles. The molecule has 2 aromatic carbocycles. The largest absolute Gasteiger partial charge is 0.495 e. The van der Waals surface area contributed by atoms with Crippen LogP contribution < -0.4 is 15.0 Å². The molecule has 1 saturated heterocycles. The highest BCUT2D eigenvalue weighted by atomic mass is 32.2. The lowest BCUT2D eigenvalue weighted by Crippen LogP contribution is -2.31. The van der Waals surface area contributed by atoms with Gasteiger partial charge in [-0.1, -0.05) is 0 Å². The van der Waals surface area contributed by atoms with Gasteiger partial charge in [0.15, 0.2) is 0 Å². The molecule has 0 aliphatic carbocycles. The van der Waals surface area contributed by atoms with E-state index in [4.69, 9.17) is 4.74 Å². The summed E-state index contributed by atoms with van der Waals surface area (Å²) >= 11 is 0. The van der Waals surface area contributed by atoms with Crippen molar-refractivity contribution in [2.24, 2.45) is 0 Å². The summed E-state index contributed by atoms with van der Waals surface area (Å²) in [7, 11) is 0.478. The van der Waals surface area contributed by atoms with Crippen LogP contribution in [0.2, 0.25) is 0 Å². The lowest BCUT2D eigenvalue weighted by Gasteiger charge is -2.30. The molecule has 0 atom stereocenters. The Labute approximate surface area is 187 Å². The number of nitrogens with zero attached hydrogens (tertiary/aromatic N) is 3. The number of rotatable bonds is 7. The summed E-state index contributed by atoms with van der Waals surface area (Å²) in [4.78, 5) is 26.0. The molecule has 0 unspecified atom stereocenters. The number of hydrogen-bond donors (Lipinski definition) is 1. The van der Waals surface area contributed by atoms with Crippen molar-refractivity contribution in [3.05, 3.63) is 52.1 Å². The fraction of sp³-hybridized carbons (Fsp3) is 0.381. The molecule has 32 heavy (non-hydrogen) atoms. The molecule has 1 N–H and O–H groups in total. The zero-order valence-corrected chi connectivity index (χ0v) is 19.0. The Morgan fingerprint density at radius 2 is 1.81 bits per heavy atom. The summed E-state index contributed by atoms with van der Waals surface area (Å²) < 4.78 is 31.4. The van der Waals surface area contributed by atoms with Crippen molar-refractivity contribution >= 4 is 33.0 Å². The number of nitrogens with one attached hydrogen (secondary N) is 1. The van der Waals surface area contributed by atoms with E-state index in [0.29, 0.717) is 5.69 Å². The van der Waals surface area contributed by atoms with Crippen molar-refractivity contribution in [3.63, 3.8) is 0 Å². The van der Waals surface area contributed by atoms with Gasteiger partial charge in [0.05, 0.1) is 33.9 Å². The molecule has 0 spiro atoms. The second-order valence-electron chi connectivity index (χ2n) is 7.61. The minimum atomic E-state index is -3.74. The Kier molecular flexibility index (Phi) is 6.99. The Hall–Kier alpha value is -3.18. The van der Waals surface area contributed by atoms with Crippen LogP contribution in [0.5, 0.6) is 5.75 Å². The first-order valence-electron chi connectivity index (χ1n) is 10.1. The maximum Gasteiger partial charge on any atom is 0.270 e. The van der Waals surface area contributed by atoms with Crippen molar-refractivity contribution < 1.29 is 22.9 Å². The van der Waals surface area contributed by atoms with E-state index in [0.717, 1.165) is 36.7 Å². The monoisotopic (exact) mass is 462 g/mol. The molecule has 10 nitrogen and oxygen atoms in total. The van der Waals surface area contributed by atoms with Gasteiger partial charge in [-0.15, -0.1) is 0 Å². The molecular weight excluding hydrogens is 436 g/mol. The van der Waals surface area contributed by atoms with E-state index in [9.17, 15) is 23.3 Å². The molecule has 0 aromatic heterocycles. The molecule has 1 heterocycles. The smallest absolute Gasteiger partial charge is 0.270 e. The van der Waals surface area contributed by atoms with Gasteiger partial charge in [0, 0.05) is 39.3 Å². The van der Waals surface area contributed by atoms with Crippen LogP contribution >= 0.6 is 0 Å². The molecular formula is C21H26N4O6S. The quantitative estimate of drug-likeness (QED) is 0.495. The van der Waals surface area contributed by atoms with Crippen molar-refractivity contribution in [2.45, 2.75) is 24.2 Å². The van der Waals surface area contributed by atoms with Crippen LogP contribution in [0.25, 0.3) is 0 Å². The average Bonchev–Trinajstić information content (AvgIpc) is 2.79. The van der Waals surface area contributed by atoms with E-state index >= 15 is 0 Å². The second kappa shape index (κ2) is 9.53. The SMILES string of the molecule is COc1ccc(S(=O)(=O)N(C)C)cc1NC(=O)c1cc([N+](=O)[O-])ccc1N1CCCCC1. The van der Waals surface area contributed by atoms with Crippen molar-refractivity contribution in [1.29, 1.82) is 0 Å².